The van der Waals surface area contributed by atoms with Gasteiger partial charge in [-0.3, -0.25) is 9.69 Å². The van der Waals surface area contributed by atoms with Gasteiger partial charge in [-0.25, -0.2) is 0 Å². The summed E-state index contributed by atoms with van der Waals surface area (Å²) in [6.07, 6.45) is 0.265. The smallest absolute Gasteiger partial charge is 0.310 e. The first-order valence-electron chi connectivity index (χ1n) is 6.40. The molecule has 0 aromatic heterocycles. The minimum atomic E-state index is -0.265. The maximum absolute atomic E-state index is 11.6. The molecule has 5 nitrogen and oxygen atoms in total. The second kappa shape index (κ2) is 9.49. The fraction of sp³-hybridized carbons (Fsp3) is 0.500. The lowest BCUT2D eigenvalue weighted by Gasteiger charge is -2.19. The van der Waals surface area contributed by atoms with E-state index in [0.29, 0.717) is 19.6 Å². The second-order valence-electron chi connectivity index (χ2n) is 4.17. The van der Waals surface area contributed by atoms with Crippen LogP contribution in [-0.2, 0) is 16.0 Å². The third-order valence-electron chi connectivity index (χ3n) is 2.69. The Labute approximate surface area is 113 Å². The molecule has 5 heteroatoms. The molecule has 0 bridgehead atoms. The molecular weight excluding hydrogens is 246 g/mol. The molecule has 2 N–H and O–H groups in total. The van der Waals surface area contributed by atoms with Gasteiger partial charge in [0.05, 0.1) is 19.6 Å². The van der Waals surface area contributed by atoms with E-state index in [9.17, 15) is 4.79 Å². The molecule has 0 saturated heterocycles. The Hall–Kier alpha value is -1.43. The van der Waals surface area contributed by atoms with Crippen LogP contribution in [0.1, 0.15) is 5.56 Å². The zero-order chi connectivity index (χ0) is 13.9. The van der Waals surface area contributed by atoms with Gasteiger partial charge in [0.2, 0.25) is 0 Å². The Morgan fingerprint density at radius 3 is 2.26 bits per heavy atom. The van der Waals surface area contributed by atoms with Crippen LogP contribution in [0.15, 0.2) is 30.3 Å². The average Bonchev–Trinajstić information content (AvgIpc) is 2.40. The first-order chi connectivity index (χ1) is 9.26. The lowest BCUT2D eigenvalue weighted by Crippen LogP contribution is -2.33. The monoisotopic (exact) mass is 267 g/mol. The molecule has 19 heavy (non-hydrogen) atoms. The van der Waals surface area contributed by atoms with Crippen LogP contribution in [0, 0.1) is 0 Å². The minimum Gasteiger partial charge on any atom is -0.464 e. The molecule has 0 unspecified atom stereocenters. The molecule has 0 saturated carbocycles. The molecule has 0 heterocycles. The highest BCUT2D eigenvalue weighted by Crippen LogP contribution is 2.00. The van der Waals surface area contributed by atoms with E-state index >= 15 is 0 Å². The largest absolute Gasteiger partial charge is 0.464 e. The van der Waals surface area contributed by atoms with Gasteiger partial charge < -0.3 is 14.9 Å². The summed E-state index contributed by atoms with van der Waals surface area (Å²) >= 11 is 0. The molecule has 0 aliphatic heterocycles. The van der Waals surface area contributed by atoms with Gasteiger partial charge in [0.25, 0.3) is 0 Å². The summed E-state index contributed by atoms with van der Waals surface area (Å²) in [7, 11) is 0. The number of rotatable bonds is 9. The van der Waals surface area contributed by atoms with Gasteiger partial charge >= 0.3 is 5.97 Å². The minimum absolute atomic E-state index is 0.0258. The predicted molar refractivity (Wildman–Crippen MR) is 71.7 cm³/mol. The summed E-state index contributed by atoms with van der Waals surface area (Å²) in [5, 5.41) is 17.7. The fourth-order valence-corrected chi connectivity index (χ4v) is 1.72. The maximum Gasteiger partial charge on any atom is 0.310 e. The van der Waals surface area contributed by atoms with E-state index in [1.807, 2.05) is 35.2 Å². The van der Waals surface area contributed by atoms with E-state index in [0.717, 1.165) is 5.56 Å². The van der Waals surface area contributed by atoms with Gasteiger partial charge in [0.15, 0.2) is 0 Å². The SMILES string of the molecule is O=C(Cc1ccccc1)OCCN(CCO)CCO. The number of ether oxygens (including phenoxy) is 1. The Morgan fingerprint density at radius 1 is 1.05 bits per heavy atom. The summed E-state index contributed by atoms with van der Waals surface area (Å²) < 4.78 is 5.13. The predicted octanol–water partition coefficient (Wildman–Crippen LogP) is 0.0589. The van der Waals surface area contributed by atoms with Crippen LogP contribution in [-0.4, -0.2) is 60.5 Å². The first kappa shape index (κ1) is 15.6. The number of carbonyl (C=O) groups is 1. The van der Waals surface area contributed by atoms with Crippen LogP contribution in [0.5, 0.6) is 0 Å². The fourth-order valence-electron chi connectivity index (χ4n) is 1.72. The molecule has 0 radical (unpaired) electrons. The van der Waals surface area contributed by atoms with E-state index in [4.69, 9.17) is 14.9 Å². The molecular formula is C14H21NO4. The van der Waals surface area contributed by atoms with Gasteiger partial charge in [0, 0.05) is 19.6 Å². The molecule has 1 aromatic carbocycles. The molecule has 0 amide bonds. The number of benzene rings is 1. The first-order valence-corrected chi connectivity index (χ1v) is 6.40. The van der Waals surface area contributed by atoms with Crippen LogP contribution in [0.2, 0.25) is 0 Å². The highest BCUT2D eigenvalue weighted by molar-refractivity contribution is 5.72. The van der Waals surface area contributed by atoms with E-state index < -0.39 is 0 Å². The Bertz CT molecular complexity index is 350. The zero-order valence-corrected chi connectivity index (χ0v) is 11.0. The molecule has 0 aliphatic carbocycles. The normalized spacial score (nSPS) is 10.7. The van der Waals surface area contributed by atoms with Crippen molar-refractivity contribution in [2.24, 2.45) is 0 Å². The molecule has 0 fully saturated rings. The molecule has 106 valence electrons. The molecule has 0 aliphatic rings. The second-order valence-corrected chi connectivity index (χ2v) is 4.17. The zero-order valence-electron chi connectivity index (χ0n) is 11.0. The number of nitrogens with zero attached hydrogens (tertiary/aromatic N) is 1. The van der Waals surface area contributed by atoms with Crippen molar-refractivity contribution in [1.82, 2.24) is 4.90 Å². The van der Waals surface area contributed by atoms with Crippen molar-refractivity contribution < 1.29 is 19.7 Å². The van der Waals surface area contributed by atoms with Gasteiger partial charge in [-0.2, -0.15) is 0 Å². The van der Waals surface area contributed by atoms with Crippen LogP contribution in [0.25, 0.3) is 0 Å². The van der Waals surface area contributed by atoms with Crippen molar-refractivity contribution in [2.75, 3.05) is 39.5 Å². The highest BCUT2D eigenvalue weighted by Gasteiger charge is 2.07. The standard InChI is InChI=1S/C14H21NO4/c16-9-6-15(7-10-17)8-11-19-14(18)12-13-4-2-1-3-5-13/h1-5,16-17H,6-12H2. The number of hydrogen-bond acceptors (Lipinski definition) is 5. The highest BCUT2D eigenvalue weighted by atomic mass is 16.5. The third kappa shape index (κ3) is 6.91. The molecule has 0 spiro atoms. The van der Waals surface area contributed by atoms with Crippen molar-refractivity contribution in [3.63, 3.8) is 0 Å². The van der Waals surface area contributed by atoms with Crippen molar-refractivity contribution in [1.29, 1.82) is 0 Å². The third-order valence-corrected chi connectivity index (χ3v) is 2.69. The summed E-state index contributed by atoms with van der Waals surface area (Å²) in [5.74, 6) is -0.265. The summed E-state index contributed by atoms with van der Waals surface area (Å²) in [6.45, 7) is 1.77. The molecule has 1 rings (SSSR count). The van der Waals surface area contributed by atoms with E-state index in [2.05, 4.69) is 0 Å². The maximum atomic E-state index is 11.6. The summed E-state index contributed by atoms with van der Waals surface area (Å²) in [4.78, 5) is 13.4. The van der Waals surface area contributed by atoms with Gasteiger partial charge in [-0.05, 0) is 5.56 Å². The van der Waals surface area contributed by atoms with Crippen LogP contribution in [0.3, 0.4) is 0 Å². The Kier molecular flexibility index (Phi) is 7.81. The van der Waals surface area contributed by atoms with Gasteiger partial charge in [-0.15, -0.1) is 0 Å². The molecule has 0 atom stereocenters. The number of esters is 1. The van der Waals surface area contributed by atoms with E-state index in [-0.39, 0.29) is 32.2 Å². The lowest BCUT2D eigenvalue weighted by atomic mass is 10.2. The van der Waals surface area contributed by atoms with Crippen molar-refractivity contribution in [3.8, 4) is 0 Å². The number of aliphatic hydroxyl groups is 2. The average molecular weight is 267 g/mol. The quantitative estimate of drug-likeness (QED) is 0.619. The van der Waals surface area contributed by atoms with E-state index in [1.165, 1.54) is 0 Å². The molecule has 1 aromatic rings. The van der Waals surface area contributed by atoms with Crippen LogP contribution < -0.4 is 0 Å². The van der Waals surface area contributed by atoms with Crippen molar-refractivity contribution in [2.45, 2.75) is 6.42 Å². The topological polar surface area (TPSA) is 70.0 Å². The Morgan fingerprint density at radius 2 is 1.68 bits per heavy atom. The Balaban J connectivity index is 2.22. The van der Waals surface area contributed by atoms with Gasteiger partial charge in [-0.1, -0.05) is 30.3 Å². The summed E-state index contributed by atoms with van der Waals surface area (Å²) in [5.41, 5.74) is 0.926. The van der Waals surface area contributed by atoms with Crippen LogP contribution in [0.4, 0.5) is 0 Å². The van der Waals surface area contributed by atoms with Gasteiger partial charge in [0.1, 0.15) is 6.61 Å². The van der Waals surface area contributed by atoms with E-state index in [1.54, 1.807) is 0 Å². The van der Waals surface area contributed by atoms with Crippen molar-refractivity contribution in [3.05, 3.63) is 35.9 Å². The van der Waals surface area contributed by atoms with Crippen molar-refractivity contribution >= 4 is 5.97 Å². The number of aliphatic hydroxyl groups excluding tert-OH is 2. The summed E-state index contributed by atoms with van der Waals surface area (Å²) in [6, 6.07) is 9.42. The van der Waals surface area contributed by atoms with Crippen LogP contribution >= 0.6 is 0 Å². The lowest BCUT2D eigenvalue weighted by molar-refractivity contribution is -0.143. The number of carbonyl (C=O) groups excluding carboxylic acids is 1. The number of hydrogen-bond donors (Lipinski definition) is 2.